The lowest BCUT2D eigenvalue weighted by Gasteiger charge is -2.21. The summed E-state index contributed by atoms with van der Waals surface area (Å²) >= 11 is 0. The summed E-state index contributed by atoms with van der Waals surface area (Å²) in [6.07, 6.45) is 5.60. The molecule has 1 heterocycles. The van der Waals surface area contributed by atoms with Crippen LogP contribution >= 0.6 is 12.4 Å². The fourth-order valence-corrected chi connectivity index (χ4v) is 2.18. The van der Waals surface area contributed by atoms with E-state index in [0.717, 1.165) is 11.6 Å². The van der Waals surface area contributed by atoms with Gasteiger partial charge in [0.2, 0.25) is 5.91 Å². The molecule has 0 fully saturated rings. The first-order chi connectivity index (χ1) is 12.6. The van der Waals surface area contributed by atoms with Gasteiger partial charge in [0.25, 0.3) is 5.91 Å². The molecule has 0 saturated heterocycles. The van der Waals surface area contributed by atoms with E-state index in [0.29, 0.717) is 31.1 Å². The van der Waals surface area contributed by atoms with E-state index in [1.807, 2.05) is 30.3 Å². The van der Waals surface area contributed by atoms with E-state index < -0.39 is 5.91 Å². The third-order valence-corrected chi connectivity index (χ3v) is 3.54. The fraction of sp³-hybridized carbons (Fsp3) is 0.222. The molecule has 0 spiro atoms. The quantitative estimate of drug-likeness (QED) is 0.360. The molecule has 8 nitrogen and oxygen atoms in total. The van der Waals surface area contributed by atoms with E-state index in [2.05, 4.69) is 15.3 Å². The van der Waals surface area contributed by atoms with E-state index >= 15 is 0 Å². The number of halogens is 1. The molecule has 0 unspecified atom stereocenters. The van der Waals surface area contributed by atoms with Gasteiger partial charge in [0.1, 0.15) is 5.82 Å². The molecule has 0 aliphatic carbocycles. The minimum absolute atomic E-state index is 0. The predicted molar refractivity (Wildman–Crippen MR) is 104 cm³/mol. The Hall–Kier alpha value is -2.97. The van der Waals surface area contributed by atoms with Crippen molar-refractivity contribution in [3.05, 3.63) is 60.1 Å². The molecule has 0 atom stereocenters. The Labute approximate surface area is 163 Å². The average molecular weight is 392 g/mol. The highest BCUT2D eigenvalue weighted by Crippen LogP contribution is 2.06. The SMILES string of the molecule is CC(=O)N(CCNc1cnc(/C=C/C(=O)NO)cn1)Cc1ccccc1.Cl. The predicted octanol–water partition coefficient (Wildman–Crippen LogP) is 1.88. The first-order valence-corrected chi connectivity index (χ1v) is 8.06. The Kier molecular flexibility index (Phi) is 9.49. The van der Waals surface area contributed by atoms with Gasteiger partial charge in [-0.1, -0.05) is 30.3 Å². The number of carbonyl (C=O) groups is 2. The second kappa shape index (κ2) is 11.6. The molecule has 2 rings (SSSR count). The fourth-order valence-electron chi connectivity index (χ4n) is 2.18. The zero-order chi connectivity index (χ0) is 18.8. The Bertz CT molecular complexity index is 753. The van der Waals surface area contributed by atoms with Gasteiger partial charge in [0.15, 0.2) is 0 Å². The number of amides is 2. The summed E-state index contributed by atoms with van der Waals surface area (Å²) in [4.78, 5) is 32.8. The van der Waals surface area contributed by atoms with E-state index in [1.165, 1.54) is 23.9 Å². The minimum Gasteiger partial charge on any atom is -0.367 e. The molecule has 0 saturated carbocycles. The molecule has 144 valence electrons. The van der Waals surface area contributed by atoms with Crippen molar-refractivity contribution in [2.45, 2.75) is 13.5 Å². The molecule has 0 bridgehead atoms. The maximum atomic E-state index is 11.8. The van der Waals surface area contributed by atoms with Gasteiger partial charge in [-0.2, -0.15) is 0 Å². The average Bonchev–Trinajstić information content (AvgIpc) is 2.67. The van der Waals surface area contributed by atoms with Gasteiger partial charge >= 0.3 is 0 Å². The summed E-state index contributed by atoms with van der Waals surface area (Å²) in [5.41, 5.74) is 3.05. The Balaban J connectivity index is 0.00000364. The maximum absolute atomic E-state index is 11.8. The largest absolute Gasteiger partial charge is 0.367 e. The number of hydrogen-bond acceptors (Lipinski definition) is 6. The van der Waals surface area contributed by atoms with E-state index in [1.54, 1.807) is 11.8 Å². The van der Waals surface area contributed by atoms with Crippen LogP contribution in [0.2, 0.25) is 0 Å². The van der Waals surface area contributed by atoms with Gasteiger partial charge in [-0.05, 0) is 11.6 Å². The molecule has 1 aromatic heterocycles. The molecule has 3 N–H and O–H groups in total. The van der Waals surface area contributed by atoms with Crippen LogP contribution in [-0.2, 0) is 16.1 Å². The lowest BCUT2D eigenvalue weighted by atomic mass is 10.2. The van der Waals surface area contributed by atoms with E-state index in [9.17, 15) is 9.59 Å². The normalized spacial score (nSPS) is 10.1. The van der Waals surface area contributed by atoms with Crippen LogP contribution < -0.4 is 10.8 Å². The maximum Gasteiger partial charge on any atom is 0.267 e. The third-order valence-electron chi connectivity index (χ3n) is 3.54. The minimum atomic E-state index is -0.642. The van der Waals surface area contributed by atoms with Crippen molar-refractivity contribution in [3.63, 3.8) is 0 Å². The number of rotatable bonds is 8. The highest BCUT2D eigenvalue weighted by atomic mass is 35.5. The van der Waals surface area contributed by atoms with Crippen molar-refractivity contribution >= 4 is 36.1 Å². The van der Waals surface area contributed by atoms with Gasteiger partial charge in [-0.25, -0.2) is 10.5 Å². The second-order valence-electron chi connectivity index (χ2n) is 5.49. The van der Waals surface area contributed by atoms with E-state index in [4.69, 9.17) is 5.21 Å². The number of anilines is 1. The topological polar surface area (TPSA) is 107 Å². The van der Waals surface area contributed by atoms with Crippen LogP contribution in [0.25, 0.3) is 6.08 Å². The summed E-state index contributed by atoms with van der Waals surface area (Å²) < 4.78 is 0. The van der Waals surface area contributed by atoms with Gasteiger partial charge < -0.3 is 10.2 Å². The molecule has 0 aliphatic rings. The summed E-state index contributed by atoms with van der Waals surface area (Å²) in [5, 5.41) is 11.5. The van der Waals surface area contributed by atoms with Crippen LogP contribution in [0.4, 0.5) is 5.82 Å². The van der Waals surface area contributed by atoms with Gasteiger partial charge in [-0.3, -0.25) is 19.8 Å². The number of aromatic nitrogens is 2. The molecule has 27 heavy (non-hydrogen) atoms. The van der Waals surface area contributed by atoms with Crippen molar-refractivity contribution in [2.24, 2.45) is 0 Å². The van der Waals surface area contributed by atoms with Gasteiger partial charge in [0.05, 0.1) is 18.1 Å². The first kappa shape index (κ1) is 22.1. The summed E-state index contributed by atoms with van der Waals surface area (Å²) in [5.74, 6) is -0.0712. The number of benzene rings is 1. The van der Waals surface area contributed by atoms with Crippen LogP contribution in [0, 0.1) is 0 Å². The molecule has 2 amide bonds. The van der Waals surface area contributed by atoms with Crippen molar-refractivity contribution in [2.75, 3.05) is 18.4 Å². The number of nitrogens with zero attached hydrogens (tertiary/aromatic N) is 3. The van der Waals surface area contributed by atoms with Crippen molar-refractivity contribution < 1.29 is 14.8 Å². The molecular formula is C18H22ClN5O3. The highest BCUT2D eigenvalue weighted by Gasteiger charge is 2.09. The van der Waals surface area contributed by atoms with Crippen LogP contribution in [0.5, 0.6) is 0 Å². The smallest absolute Gasteiger partial charge is 0.267 e. The molecule has 0 aliphatic heterocycles. The summed E-state index contributed by atoms with van der Waals surface area (Å²) in [6, 6.07) is 9.80. The van der Waals surface area contributed by atoms with E-state index in [-0.39, 0.29) is 18.3 Å². The molecule has 1 aromatic carbocycles. The summed E-state index contributed by atoms with van der Waals surface area (Å²) in [7, 11) is 0. The van der Waals surface area contributed by atoms with Crippen molar-refractivity contribution in [1.82, 2.24) is 20.3 Å². The Morgan fingerprint density at radius 2 is 1.93 bits per heavy atom. The van der Waals surface area contributed by atoms with Crippen LogP contribution in [0.1, 0.15) is 18.2 Å². The van der Waals surface area contributed by atoms with Gasteiger partial charge in [-0.15, -0.1) is 12.4 Å². The Morgan fingerprint density at radius 3 is 2.52 bits per heavy atom. The first-order valence-electron chi connectivity index (χ1n) is 8.06. The standard InChI is InChI=1S/C18H21N5O3.ClH/c1-14(24)23(13-15-5-3-2-4-6-15)10-9-19-17-12-20-16(11-21-17)7-8-18(25)22-26;/h2-8,11-12,26H,9-10,13H2,1H3,(H,19,21)(H,22,25);1H/b8-7+;. The Morgan fingerprint density at radius 1 is 1.19 bits per heavy atom. The second-order valence-corrected chi connectivity index (χ2v) is 5.49. The molecule has 0 radical (unpaired) electrons. The lowest BCUT2D eigenvalue weighted by Crippen LogP contribution is -2.32. The van der Waals surface area contributed by atoms with Crippen LogP contribution in [0.3, 0.4) is 0 Å². The molecular weight excluding hydrogens is 370 g/mol. The highest BCUT2D eigenvalue weighted by molar-refractivity contribution is 5.90. The van der Waals surface area contributed by atoms with Crippen LogP contribution in [-0.4, -0.2) is 45.0 Å². The molecule has 9 heteroatoms. The number of hydroxylamine groups is 1. The number of hydrogen-bond donors (Lipinski definition) is 3. The van der Waals surface area contributed by atoms with Crippen molar-refractivity contribution in [1.29, 1.82) is 0 Å². The van der Waals surface area contributed by atoms with Gasteiger partial charge in [0, 0.05) is 32.6 Å². The summed E-state index contributed by atoms with van der Waals surface area (Å²) in [6.45, 7) is 3.17. The zero-order valence-electron chi connectivity index (χ0n) is 14.8. The monoisotopic (exact) mass is 391 g/mol. The van der Waals surface area contributed by atoms with Crippen LogP contribution in [0.15, 0.2) is 48.8 Å². The number of nitrogens with one attached hydrogen (secondary N) is 2. The number of carbonyl (C=O) groups excluding carboxylic acids is 2. The lowest BCUT2D eigenvalue weighted by molar-refractivity contribution is -0.129. The van der Waals surface area contributed by atoms with Crippen molar-refractivity contribution in [3.8, 4) is 0 Å². The molecule has 2 aromatic rings. The third kappa shape index (κ3) is 7.85. The zero-order valence-corrected chi connectivity index (χ0v) is 15.6.